The van der Waals surface area contributed by atoms with Crippen LogP contribution in [-0.2, 0) is 10.3 Å². The molecule has 2 atom stereocenters. The molecule has 20 heavy (non-hydrogen) atoms. The minimum atomic E-state index is 0.0136. The largest absolute Gasteiger partial charge is 0.378 e. The maximum Gasteiger partial charge on any atom is 0.113 e. The lowest BCUT2D eigenvalue weighted by atomic mass is 9.83. The molecule has 1 aliphatic rings. The number of ether oxygens (including phenoxy) is 1. The molecule has 4 heteroatoms. The van der Waals surface area contributed by atoms with Gasteiger partial charge in [-0.15, -0.1) is 11.3 Å². The summed E-state index contributed by atoms with van der Waals surface area (Å²) in [6.07, 6.45) is 2.38. The highest BCUT2D eigenvalue weighted by atomic mass is 32.1. The average Bonchev–Trinajstić information content (AvgIpc) is 2.89. The second kappa shape index (κ2) is 6.54. The van der Waals surface area contributed by atoms with Gasteiger partial charge in [0.25, 0.3) is 0 Å². The molecule has 0 aromatic carbocycles. The van der Waals surface area contributed by atoms with Gasteiger partial charge in [-0.1, -0.05) is 34.6 Å². The van der Waals surface area contributed by atoms with Crippen LogP contribution in [0, 0.1) is 5.92 Å². The van der Waals surface area contributed by atoms with Gasteiger partial charge in [0.15, 0.2) is 0 Å². The third-order valence-electron chi connectivity index (χ3n) is 4.19. The van der Waals surface area contributed by atoms with Crippen molar-refractivity contribution < 1.29 is 4.74 Å². The van der Waals surface area contributed by atoms with Gasteiger partial charge in [-0.05, 0) is 31.2 Å². The first-order valence-corrected chi connectivity index (χ1v) is 8.69. The monoisotopic (exact) mass is 296 g/mol. The molecule has 2 heterocycles. The Bertz CT molecular complexity index is 426. The van der Waals surface area contributed by atoms with Crippen molar-refractivity contribution >= 4 is 11.3 Å². The zero-order valence-corrected chi connectivity index (χ0v) is 14.2. The molecule has 1 fully saturated rings. The highest BCUT2D eigenvalue weighted by molar-refractivity contribution is 7.09. The molecule has 1 aromatic heterocycles. The van der Waals surface area contributed by atoms with Crippen molar-refractivity contribution in [3.63, 3.8) is 0 Å². The van der Waals surface area contributed by atoms with E-state index in [0.717, 1.165) is 26.0 Å². The molecule has 0 saturated carbocycles. The van der Waals surface area contributed by atoms with Crippen LogP contribution >= 0.6 is 11.3 Å². The Morgan fingerprint density at radius 3 is 2.75 bits per heavy atom. The smallest absolute Gasteiger partial charge is 0.113 e. The van der Waals surface area contributed by atoms with Gasteiger partial charge in [-0.25, -0.2) is 4.98 Å². The summed E-state index contributed by atoms with van der Waals surface area (Å²) < 4.78 is 5.95. The number of aromatic nitrogens is 1. The molecule has 2 unspecified atom stereocenters. The van der Waals surface area contributed by atoms with Crippen molar-refractivity contribution in [1.29, 1.82) is 0 Å². The summed E-state index contributed by atoms with van der Waals surface area (Å²) in [7, 11) is 0. The van der Waals surface area contributed by atoms with E-state index in [1.165, 1.54) is 10.7 Å². The maximum absolute atomic E-state index is 5.95. The highest BCUT2D eigenvalue weighted by Gasteiger charge is 2.41. The van der Waals surface area contributed by atoms with Crippen LogP contribution in [0.4, 0.5) is 0 Å². The summed E-state index contributed by atoms with van der Waals surface area (Å²) in [5, 5.41) is 7.19. The number of hydrogen-bond acceptors (Lipinski definition) is 4. The Hall–Kier alpha value is -0.450. The quantitative estimate of drug-likeness (QED) is 0.894. The van der Waals surface area contributed by atoms with E-state index >= 15 is 0 Å². The maximum atomic E-state index is 5.95. The van der Waals surface area contributed by atoms with Gasteiger partial charge >= 0.3 is 0 Å². The molecular formula is C16H28N2OS. The van der Waals surface area contributed by atoms with Crippen LogP contribution in [0.5, 0.6) is 0 Å². The molecule has 0 spiro atoms. The van der Waals surface area contributed by atoms with Crippen LogP contribution in [-0.4, -0.2) is 24.2 Å². The van der Waals surface area contributed by atoms with Crippen LogP contribution in [0.25, 0.3) is 0 Å². The van der Waals surface area contributed by atoms with Crippen molar-refractivity contribution in [1.82, 2.24) is 10.3 Å². The van der Waals surface area contributed by atoms with Crippen molar-refractivity contribution in [2.45, 2.75) is 65.0 Å². The lowest BCUT2D eigenvalue weighted by Crippen LogP contribution is -2.50. The topological polar surface area (TPSA) is 34.2 Å². The van der Waals surface area contributed by atoms with Crippen LogP contribution in [0.2, 0.25) is 0 Å². The Labute approximate surface area is 127 Å². The first-order valence-electron chi connectivity index (χ1n) is 7.81. The summed E-state index contributed by atoms with van der Waals surface area (Å²) in [5.41, 5.74) is 1.23. The second-order valence-electron chi connectivity index (χ2n) is 6.45. The van der Waals surface area contributed by atoms with Crippen LogP contribution < -0.4 is 5.32 Å². The van der Waals surface area contributed by atoms with Gasteiger partial charge < -0.3 is 10.1 Å². The molecule has 114 valence electrons. The number of nitrogens with one attached hydrogen (secondary N) is 1. The number of rotatable bonds is 5. The number of hydrogen-bond donors (Lipinski definition) is 1. The Balaban J connectivity index is 2.27. The highest BCUT2D eigenvalue weighted by Crippen LogP contribution is 2.39. The lowest BCUT2D eigenvalue weighted by Gasteiger charge is -2.41. The predicted octanol–water partition coefficient (Wildman–Crippen LogP) is 3.91. The van der Waals surface area contributed by atoms with E-state index in [1.807, 2.05) is 11.3 Å². The fourth-order valence-corrected chi connectivity index (χ4v) is 4.06. The van der Waals surface area contributed by atoms with E-state index in [2.05, 4.69) is 45.3 Å². The molecule has 0 amide bonds. The third kappa shape index (κ3) is 3.23. The van der Waals surface area contributed by atoms with E-state index in [1.54, 1.807) is 0 Å². The van der Waals surface area contributed by atoms with Gasteiger partial charge in [0.05, 0.1) is 17.3 Å². The van der Waals surface area contributed by atoms with Crippen LogP contribution in [0.3, 0.4) is 0 Å². The van der Waals surface area contributed by atoms with Crippen molar-refractivity contribution in [2.75, 3.05) is 13.2 Å². The summed E-state index contributed by atoms with van der Waals surface area (Å²) in [5.74, 6) is 1.05. The summed E-state index contributed by atoms with van der Waals surface area (Å²) in [4.78, 5) is 4.92. The van der Waals surface area contributed by atoms with Gasteiger partial charge in [-0.2, -0.15) is 0 Å². The number of nitrogens with zero attached hydrogens (tertiary/aromatic N) is 1. The van der Waals surface area contributed by atoms with Crippen molar-refractivity contribution in [3.8, 4) is 0 Å². The Morgan fingerprint density at radius 2 is 2.20 bits per heavy atom. The van der Waals surface area contributed by atoms with E-state index in [0.29, 0.717) is 17.9 Å². The van der Waals surface area contributed by atoms with Gasteiger partial charge in [-0.3, -0.25) is 0 Å². The fraction of sp³-hybridized carbons (Fsp3) is 0.812. The predicted molar refractivity (Wildman–Crippen MR) is 85.4 cm³/mol. The molecule has 0 bridgehead atoms. The van der Waals surface area contributed by atoms with E-state index in [9.17, 15) is 0 Å². The van der Waals surface area contributed by atoms with Crippen molar-refractivity contribution in [3.05, 3.63) is 16.1 Å². The second-order valence-corrected chi connectivity index (χ2v) is 7.31. The molecule has 0 aliphatic carbocycles. The van der Waals surface area contributed by atoms with Crippen LogP contribution in [0.1, 0.15) is 64.1 Å². The van der Waals surface area contributed by atoms with Crippen LogP contribution in [0.15, 0.2) is 5.38 Å². The minimum Gasteiger partial charge on any atom is -0.378 e. The van der Waals surface area contributed by atoms with E-state index in [-0.39, 0.29) is 5.54 Å². The molecule has 1 saturated heterocycles. The summed E-state index contributed by atoms with van der Waals surface area (Å²) in [6.45, 7) is 12.9. The Kier molecular flexibility index (Phi) is 5.21. The molecular weight excluding hydrogens is 268 g/mol. The third-order valence-corrected chi connectivity index (χ3v) is 5.26. The van der Waals surface area contributed by atoms with Gasteiger partial charge in [0, 0.05) is 12.0 Å². The van der Waals surface area contributed by atoms with E-state index < -0.39 is 0 Å². The van der Waals surface area contributed by atoms with Crippen molar-refractivity contribution in [2.24, 2.45) is 5.92 Å². The molecule has 1 aromatic rings. The average molecular weight is 296 g/mol. The normalized spacial score (nSPS) is 27.4. The minimum absolute atomic E-state index is 0.0136. The lowest BCUT2D eigenvalue weighted by molar-refractivity contribution is -0.0531. The zero-order valence-electron chi connectivity index (χ0n) is 13.4. The molecule has 3 nitrogen and oxygen atoms in total. The zero-order chi connectivity index (χ0) is 14.8. The molecule has 1 aliphatic heterocycles. The molecule has 0 radical (unpaired) electrons. The summed E-state index contributed by atoms with van der Waals surface area (Å²) in [6, 6.07) is 0. The number of thiazole rings is 1. The summed E-state index contributed by atoms with van der Waals surface area (Å²) >= 11 is 1.81. The van der Waals surface area contributed by atoms with Gasteiger partial charge in [0.2, 0.25) is 0 Å². The molecule has 2 rings (SSSR count). The SMILES string of the molecule is CCNC1(c2nc(C(C)C)cs2)CCOC(C(C)C)C1. The Morgan fingerprint density at radius 1 is 1.45 bits per heavy atom. The van der Waals surface area contributed by atoms with Gasteiger partial charge in [0.1, 0.15) is 5.01 Å². The first-order chi connectivity index (χ1) is 9.48. The molecule has 1 N–H and O–H groups in total. The first kappa shape index (κ1) is 15.9. The fourth-order valence-electron chi connectivity index (χ4n) is 2.86. The van der Waals surface area contributed by atoms with E-state index in [4.69, 9.17) is 9.72 Å². The standard InChI is InChI=1S/C16H28N2OS/c1-6-17-16(7-8-19-14(9-16)12(4)5)15-18-13(10-20-15)11(2)3/h10-12,14,17H,6-9H2,1-5H3.